The van der Waals surface area contributed by atoms with Crippen LogP contribution in [0.25, 0.3) is 5.69 Å². The summed E-state index contributed by atoms with van der Waals surface area (Å²) in [7, 11) is 0. The lowest BCUT2D eigenvalue weighted by Gasteiger charge is -2.06. The second kappa shape index (κ2) is 4.85. The van der Waals surface area contributed by atoms with E-state index in [0.717, 1.165) is 11.4 Å². The third-order valence-corrected chi connectivity index (χ3v) is 2.52. The molecule has 6 heteroatoms. The predicted molar refractivity (Wildman–Crippen MR) is 68.2 cm³/mol. The highest BCUT2D eigenvalue weighted by atomic mass is 16.5. The van der Waals surface area contributed by atoms with E-state index in [2.05, 4.69) is 20.1 Å². The van der Waals surface area contributed by atoms with E-state index in [-0.39, 0.29) is 0 Å². The first-order valence-corrected chi connectivity index (χ1v) is 5.73. The van der Waals surface area contributed by atoms with Gasteiger partial charge in [0.25, 0.3) is 0 Å². The maximum absolute atomic E-state index is 5.64. The van der Waals surface area contributed by atoms with E-state index in [1.807, 2.05) is 31.2 Å². The highest BCUT2D eigenvalue weighted by Crippen LogP contribution is 2.20. The van der Waals surface area contributed by atoms with Gasteiger partial charge in [-0.1, -0.05) is 0 Å². The average molecular weight is 253 g/mol. The fraction of sp³-hybridized carbons (Fsp3) is 0.0769. The summed E-state index contributed by atoms with van der Waals surface area (Å²) in [6.07, 6.45) is 4.62. The average Bonchev–Trinajstić information content (AvgIpc) is 2.94. The summed E-state index contributed by atoms with van der Waals surface area (Å²) >= 11 is 0. The number of hydrogen-bond donors (Lipinski definition) is 0. The van der Waals surface area contributed by atoms with E-state index in [4.69, 9.17) is 4.74 Å². The Morgan fingerprint density at radius 3 is 2.58 bits per heavy atom. The summed E-state index contributed by atoms with van der Waals surface area (Å²) in [6, 6.07) is 9.30. The van der Waals surface area contributed by atoms with Crippen molar-refractivity contribution in [2.75, 3.05) is 0 Å². The number of benzene rings is 1. The Morgan fingerprint density at radius 1 is 1.05 bits per heavy atom. The Morgan fingerprint density at radius 2 is 1.89 bits per heavy atom. The molecule has 0 aliphatic carbocycles. The number of rotatable bonds is 3. The fourth-order valence-electron chi connectivity index (χ4n) is 1.62. The van der Waals surface area contributed by atoms with Crippen molar-refractivity contribution in [2.24, 2.45) is 0 Å². The van der Waals surface area contributed by atoms with Gasteiger partial charge in [-0.15, -0.1) is 0 Å². The van der Waals surface area contributed by atoms with Gasteiger partial charge in [0.1, 0.15) is 24.7 Å². The molecule has 2 aromatic heterocycles. The van der Waals surface area contributed by atoms with Gasteiger partial charge < -0.3 is 4.74 Å². The van der Waals surface area contributed by atoms with Crippen LogP contribution in [0.3, 0.4) is 0 Å². The maximum atomic E-state index is 5.64. The largest absolute Gasteiger partial charge is 0.439 e. The van der Waals surface area contributed by atoms with Gasteiger partial charge in [0.15, 0.2) is 0 Å². The van der Waals surface area contributed by atoms with Crippen molar-refractivity contribution in [3.8, 4) is 17.3 Å². The molecule has 0 fully saturated rings. The molecule has 2 heterocycles. The first kappa shape index (κ1) is 11.3. The van der Waals surface area contributed by atoms with Gasteiger partial charge in [0.2, 0.25) is 5.88 Å². The zero-order chi connectivity index (χ0) is 13.1. The lowest BCUT2D eigenvalue weighted by Crippen LogP contribution is -1.94. The fourth-order valence-corrected chi connectivity index (χ4v) is 1.62. The molecule has 0 aliphatic rings. The molecule has 0 unspecified atom stereocenters. The molecular formula is C13H11N5O. The van der Waals surface area contributed by atoms with Crippen LogP contribution in [0.1, 0.15) is 5.69 Å². The Bertz CT molecular complexity index is 664. The van der Waals surface area contributed by atoms with E-state index < -0.39 is 0 Å². The van der Waals surface area contributed by atoms with Gasteiger partial charge in [-0.3, -0.25) is 0 Å². The van der Waals surface area contributed by atoms with Crippen LogP contribution in [0.2, 0.25) is 0 Å². The normalized spacial score (nSPS) is 10.4. The second-order valence-corrected chi connectivity index (χ2v) is 3.93. The third-order valence-electron chi connectivity index (χ3n) is 2.52. The van der Waals surface area contributed by atoms with E-state index in [9.17, 15) is 0 Å². The summed E-state index contributed by atoms with van der Waals surface area (Å²) in [4.78, 5) is 12.0. The molecule has 0 bridgehead atoms. The molecule has 0 spiro atoms. The molecule has 0 N–H and O–H groups in total. The molecule has 3 rings (SSSR count). The van der Waals surface area contributed by atoms with E-state index in [0.29, 0.717) is 11.6 Å². The minimum absolute atomic E-state index is 0.529. The first-order chi connectivity index (χ1) is 9.31. The molecule has 1 aromatic carbocycles. The topological polar surface area (TPSA) is 65.7 Å². The van der Waals surface area contributed by atoms with Gasteiger partial charge in [0, 0.05) is 11.8 Å². The van der Waals surface area contributed by atoms with E-state index >= 15 is 0 Å². The number of aromatic nitrogens is 5. The second-order valence-electron chi connectivity index (χ2n) is 3.93. The number of ether oxygens (including phenoxy) is 1. The zero-order valence-corrected chi connectivity index (χ0v) is 10.3. The van der Waals surface area contributed by atoms with Crippen molar-refractivity contribution in [3.05, 3.63) is 55.0 Å². The van der Waals surface area contributed by atoms with Gasteiger partial charge in [0.05, 0.1) is 5.69 Å². The molecule has 0 atom stereocenters. The Labute approximate surface area is 109 Å². The van der Waals surface area contributed by atoms with E-state index in [1.54, 1.807) is 17.1 Å². The number of aryl methyl sites for hydroxylation is 1. The first-order valence-electron chi connectivity index (χ1n) is 5.73. The molecule has 0 saturated carbocycles. The molecule has 6 nitrogen and oxygen atoms in total. The molecule has 19 heavy (non-hydrogen) atoms. The van der Waals surface area contributed by atoms with Gasteiger partial charge >= 0.3 is 0 Å². The van der Waals surface area contributed by atoms with Gasteiger partial charge in [-0.05, 0) is 31.2 Å². The highest BCUT2D eigenvalue weighted by molar-refractivity contribution is 5.37. The summed E-state index contributed by atoms with van der Waals surface area (Å²) < 4.78 is 7.31. The molecule has 0 saturated heterocycles. The predicted octanol–water partition coefficient (Wildman–Crippen LogP) is 2.16. The summed E-state index contributed by atoms with van der Waals surface area (Å²) in [6.45, 7) is 1.89. The molecule has 0 radical (unpaired) electrons. The van der Waals surface area contributed by atoms with Gasteiger partial charge in [-0.2, -0.15) is 5.10 Å². The Balaban J connectivity index is 1.80. The zero-order valence-electron chi connectivity index (χ0n) is 10.3. The highest BCUT2D eigenvalue weighted by Gasteiger charge is 2.01. The van der Waals surface area contributed by atoms with Crippen molar-refractivity contribution in [1.29, 1.82) is 0 Å². The molecule has 0 aliphatic heterocycles. The quantitative estimate of drug-likeness (QED) is 0.715. The van der Waals surface area contributed by atoms with Crippen molar-refractivity contribution in [2.45, 2.75) is 6.92 Å². The van der Waals surface area contributed by atoms with E-state index in [1.165, 1.54) is 12.7 Å². The molecule has 3 aromatic rings. The van der Waals surface area contributed by atoms with Crippen LogP contribution in [0, 0.1) is 6.92 Å². The van der Waals surface area contributed by atoms with Crippen LogP contribution >= 0.6 is 0 Å². The van der Waals surface area contributed by atoms with Crippen LogP contribution in [-0.4, -0.2) is 24.7 Å². The third kappa shape index (κ3) is 2.57. The Hall–Kier alpha value is -2.76. The molecule has 94 valence electrons. The summed E-state index contributed by atoms with van der Waals surface area (Å²) in [5.41, 5.74) is 1.79. The summed E-state index contributed by atoms with van der Waals surface area (Å²) in [5, 5.41) is 4.06. The standard InChI is InChI=1S/C13H11N5O/c1-10-6-13(16-8-15-10)19-12-4-2-11(3-5-12)18-9-14-7-17-18/h2-9H,1H3. The number of nitrogens with zero attached hydrogens (tertiary/aromatic N) is 5. The minimum Gasteiger partial charge on any atom is -0.439 e. The van der Waals surface area contributed by atoms with Crippen LogP contribution in [-0.2, 0) is 0 Å². The van der Waals surface area contributed by atoms with Crippen molar-refractivity contribution >= 4 is 0 Å². The Kier molecular flexibility index (Phi) is 2.89. The lowest BCUT2D eigenvalue weighted by molar-refractivity contribution is 0.460. The van der Waals surface area contributed by atoms with Crippen LogP contribution in [0.15, 0.2) is 49.3 Å². The van der Waals surface area contributed by atoms with Crippen molar-refractivity contribution < 1.29 is 4.74 Å². The SMILES string of the molecule is Cc1cc(Oc2ccc(-n3cncn3)cc2)ncn1. The van der Waals surface area contributed by atoms with Crippen molar-refractivity contribution in [3.63, 3.8) is 0 Å². The maximum Gasteiger partial charge on any atom is 0.222 e. The van der Waals surface area contributed by atoms with Crippen LogP contribution < -0.4 is 4.74 Å². The van der Waals surface area contributed by atoms with Crippen LogP contribution in [0.5, 0.6) is 11.6 Å². The molecular weight excluding hydrogens is 242 g/mol. The lowest BCUT2D eigenvalue weighted by atomic mass is 10.3. The monoisotopic (exact) mass is 253 g/mol. The molecule has 0 amide bonds. The van der Waals surface area contributed by atoms with Crippen LogP contribution in [0.4, 0.5) is 0 Å². The summed E-state index contributed by atoms with van der Waals surface area (Å²) in [5.74, 6) is 1.24. The van der Waals surface area contributed by atoms with Gasteiger partial charge in [-0.25, -0.2) is 19.6 Å². The van der Waals surface area contributed by atoms with Crippen molar-refractivity contribution in [1.82, 2.24) is 24.7 Å². The number of hydrogen-bond acceptors (Lipinski definition) is 5. The minimum atomic E-state index is 0.529. The smallest absolute Gasteiger partial charge is 0.222 e.